The van der Waals surface area contributed by atoms with Gasteiger partial charge in [-0.25, -0.2) is 9.69 Å². The number of hydrogen-bond acceptors (Lipinski definition) is 7. The number of aliphatic carboxylic acids is 1. The van der Waals surface area contributed by atoms with Crippen LogP contribution in [0.3, 0.4) is 0 Å². The Morgan fingerprint density at radius 1 is 1.10 bits per heavy atom. The SMILES string of the molecule is CC(NC(=O)C(C)N(C(=O)OC(C)(C)C)C(=O)C(CO)NCc1ccccc1)C(=O)O. The van der Waals surface area contributed by atoms with E-state index in [0.717, 1.165) is 5.56 Å². The van der Waals surface area contributed by atoms with Crippen molar-refractivity contribution >= 4 is 23.9 Å². The highest BCUT2D eigenvalue weighted by atomic mass is 16.6. The summed E-state index contributed by atoms with van der Waals surface area (Å²) in [5, 5.41) is 23.8. The van der Waals surface area contributed by atoms with Gasteiger partial charge in [0.2, 0.25) is 5.91 Å². The molecule has 31 heavy (non-hydrogen) atoms. The van der Waals surface area contributed by atoms with Crippen LogP contribution in [0.5, 0.6) is 0 Å². The summed E-state index contributed by atoms with van der Waals surface area (Å²) in [5.74, 6) is -3.00. The number of aliphatic hydroxyl groups is 1. The van der Waals surface area contributed by atoms with Gasteiger partial charge in [0.05, 0.1) is 6.61 Å². The van der Waals surface area contributed by atoms with Crippen LogP contribution in [0.15, 0.2) is 30.3 Å². The van der Waals surface area contributed by atoms with Crippen molar-refractivity contribution in [3.8, 4) is 0 Å². The molecule has 0 aliphatic rings. The lowest BCUT2D eigenvalue weighted by Crippen LogP contribution is -2.59. The summed E-state index contributed by atoms with van der Waals surface area (Å²) in [6.45, 7) is 6.93. The summed E-state index contributed by atoms with van der Waals surface area (Å²) in [6, 6.07) is 5.31. The van der Waals surface area contributed by atoms with Gasteiger partial charge in [0.25, 0.3) is 5.91 Å². The standard InChI is InChI=1S/C21H31N3O7/c1-13(19(28)29)23-17(26)14(2)24(20(30)31-21(3,4)5)18(27)16(12-25)22-11-15-9-7-6-8-10-15/h6-10,13-14,16,22,25H,11-12H2,1-5H3,(H,23,26)(H,28,29). The normalized spacial score (nSPS) is 14.1. The molecule has 3 unspecified atom stereocenters. The summed E-state index contributed by atoms with van der Waals surface area (Å²) in [7, 11) is 0. The summed E-state index contributed by atoms with van der Waals surface area (Å²) >= 11 is 0. The van der Waals surface area contributed by atoms with E-state index in [-0.39, 0.29) is 6.54 Å². The average molecular weight is 437 g/mol. The number of nitrogens with one attached hydrogen (secondary N) is 2. The third-order valence-electron chi connectivity index (χ3n) is 4.20. The maximum atomic E-state index is 13.1. The van der Waals surface area contributed by atoms with Crippen LogP contribution in [0.4, 0.5) is 4.79 Å². The average Bonchev–Trinajstić information content (AvgIpc) is 2.67. The van der Waals surface area contributed by atoms with Crippen LogP contribution in [0.1, 0.15) is 40.2 Å². The fourth-order valence-corrected chi connectivity index (χ4v) is 2.50. The largest absolute Gasteiger partial charge is 0.480 e. The van der Waals surface area contributed by atoms with Crippen LogP contribution in [0.2, 0.25) is 0 Å². The quantitative estimate of drug-likeness (QED) is 0.445. The Balaban J connectivity index is 3.09. The van der Waals surface area contributed by atoms with Crippen LogP contribution < -0.4 is 10.6 Å². The number of ether oxygens (including phenoxy) is 1. The van der Waals surface area contributed by atoms with Gasteiger partial charge < -0.3 is 20.3 Å². The van der Waals surface area contributed by atoms with Crippen LogP contribution in [-0.4, -0.2) is 69.3 Å². The van der Waals surface area contributed by atoms with E-state index in [1.807, 2.05) is 30.3 Å². The van der Waals surface area contributed by atoms with Crippen LogP contribution >= 0.6 is 0 Å². The number of hydrogen-bond donors (Lipinski definition) is 4. The van der Waals surface area contributed by atoms with Crippen molar-refractivity contribution in [2.75, 3.05) is 6.61 Å². The number of amides is 3. The predicted molar refractivity (Wildman–Crippen MR) is 112 cm³/mol. The van der Waals surface area contributed by atoms with Gasteiger partial charge >= 0.3 is 12.1 Å². The van der Waals surface area contributed by atoms with Crippen LogP contribution in [-0.2, 0) is 25.7 Å². The predicted octanol–water partition coefficient (Wildman–Crippen LogP) is 0.879. The molecule has 0 fully saturated rings. The monoisotopic (exact) mass is 437 g/mol. The molecular weight excluding hydrogens is 406 g/mol. The molecule has 0 aliphatic heterocycles. The number of imide groups is 1. The van der Waals surface area contributed by atoms with Gasteiger partial charge in [-0.05, 0) is 40.2 Å². The maximum Gasteiger partial charge on any atom is 0.417 e. The third-order valence-corrected chi connectivity index (χ3v) is 4.20. The smallest absolute Gasteiger partial charge is 0.417 e. The minimum atomic E-state index is -1.38. The minimum absolute atomic E-state index is 0.233. The van der Waals surface area contributed by atoms with Crippen molar-refractivity contribution < 1.29 is 34.1 Å². The molecule has 10 heteroatoms. The highest BCUT2D eigenvalue weighted by Crippen LogP contribution is 2.14. The molecule has 3 amide bonds. The maximum absolute atomic E-state index is 13.1. The Hall–Kier alpha value is -2.98. The van der Waals surface area contributed by atoms with E-state index in [0.29, 0.717) is 4.90 Å². The van der Waals surface area contributed by atoms with Gasteiger partial charge in [-0.2, -0.15) is 0 Å². The molecule has 3 atom stereocenters. The zero-order valence-electron chi connectivity index (χ0n) is 18.4. The molecule has 4 N–H and O–H groups in total. The molecule has 172 valence electrons. The van der Waals surface area contributed by atoms with Gasteiger partial charge in [0.15, 0.2) is 0 Å². The Kier molecular flexibility index (Phi) is 9.60. The first-order valence-corrected chi connectivity index (χ1v) is 9.84. The molecule has 0 saturated carbocycles. The Morgan fingerprint density at radius 2 is 1.68 bits per heavy atom. The van der Waals surface area contributed by atoms with E-state index in [9.17, 15) is 24.3 Å². The fourth-order valence-electron chi connectivity index (χ4n) is 2.50. The first kappa shape index (κ1) is 26.1. The molecular formula is C21H31N3O7. The van der Waals surface area contributed by atoms with Gasteiger partial charge in [-0.1, -0.05) is 30.3 Å². The Bertz CT molecular complexity index is 777. The number of carboxylic acids is 1. The molecule has 0 heterocycles. The van der Waals surface area contributed by atoms with Gasteiger partial charge in [0, 0.05) is 6.54 Å². The van der Waals surface area contributed by atoms with Gasteiger partial charge in [0.1, 0.15) is 23.7 Å². The van der Waals surface area contributed by atoms with Gasteiger partial charge in [-0.15, -0.1) is 0 Å². The van der Waals surface area contributed by atoms with Crippen molar-refractivity contribution in [2.45, 2.75) is 64.9 Å². The highest BCUT2D eigenvalue weighted by Gasteiger charge is 2.38. The number of nitrogens with zero attached hydrogens (tertiary/aromatic N) is 1. The number of carboxylic acid groups (broad SMARTS) is 1. The molecule has 1 rings (SSSR count). The lowest BCUT2D eigenvalue weighted by Gasteiger charge is -2.32. The summed E-state index contributed by atoms with van der Waals surface area (Å²) in [4.78, 5) is 50.0. The van der Waals surface area contributed by atoms with E-state index in [2.05, 4.69) is 10.6 Å². The molecule has 1 aromatic rings. The van der Waals surface area contributed by atoms with E-state index in [4.69, 9.17) is 9.84 Å². The van der Waals surface area contributed by atoms with Crippen LogP contribution in [0, 0.1) is 0 Å². The van der Waals surface area contributed by atoms with Crippen LogP contribution in [0.25, 0.3) is 0 Å². The fraction of sp³-hybridized carbons (Fsp3) is 0.524. The number of aliphatic hydroxyl groups excluding tert-OH is 1. The van der Waals surface area contributed by atoms with E-state index in [1.165, 1.54) is 13.8 Å². The first-order valence-electron chi connectivity index (χ1n) is 9.84. The van der Waals surface area contributed by atoms with E-state index in [1.54, 1.807) is 20.8 Å². The number of benzene rings is 1. The molecule has 0 radical (unpaired) electrons. The summed E-state index contributed by atoms with van der Waals surface area (Å²) in [5.41, 5.74) is -0.106. The molecule has 0 spiro atoms. The number of rotatable bonds is 9. The Labute approximate surface area is 181 Å². The van der Waals surface area contributed by atoms with Crippen molar-refractivity contribution in [3.63, 3.8) is 0 Å². The summed E-state index contributed by atoms with van der Waals surface area (Å²) < 4.78 is 5.26. The van der Waals surface area contributed by atoms with E-state index < -0.39 is 54.2 Å². The molecule has 10 nitrogen and oxygen atoms in total. The zero-order chi connectivity index (χ0) is 23.8. The third kappa shape index (κ3) is 8.35. The van der Waals surface area contributed by atoms with Crippen molar-refractivity contribution in [2.24, 2.45) is 0 Å². The second-order valence-corrected chi connectivity index (χ2v) is 8.03. The topological polar surface area (TPSA) is 145 Å². The molecule has 0 bridgehead atoms. The van der Waals surface area contributed by atoms with Gasteiger partial charge in [-0.3, -0.25) is 19.7 Å². The zero-order valence-corrected chi connectivity index (χ0v) is 18.4. The molecule has 1 aromatic carbocycles. The molecule has 0 saturated heterocycles. The minimum Gasteiger partial charge on any atom is -0.480 e. The van der Waals surface area contributed by atoms with Crippen molar-refractivity contribution in [1.29, 1.82) is 0 Å². The second-order valence-electron chi connectivity index (χ2n) is 8.03. The van der Waals surface area contributed by atoms with E-state index >= 15 is 0 Å². The molecule has 0 aromatic heterocycles. The van der Waals surface area contributed by atoms with Crippen molar-refractivity contribution in [1.82, 2.24) is 15.5 Å². The van der Waals surface area contributed by atoms with Crippen molar-refractivity contribution in [3.05, 3.63) is 35.9 Å². The number of carbonyl (C=O) groups excluding carboxylic acids is 3. The summed E-state index contributed by atoms with van der Waals surface area (Å²) in [6.07, 6.45) is -1.08. The second kappa shape index (κ2) is 11.4. The molecule has 0 aliphatic carbocycles. The lowest BCUT2D eigenvalue weighted by atomic mass is 10.1. The number of carbonyl (C=O) groups is 4. The lowest BCUT2D eigenvalue weighted by molar-refractivity contribution is -0.144. The Morgan fingerprint density at radius 3 is 2.16 bits per heavy atom. The highest BCUT2D eigenvalue weighted by molar-refractivity contribution is 6.00. The first-order chi connectivity index (χ1) is 14.4.